The van der Waals surface area contributed by atoms with E-state index in [-0.39, 0.29) is 23.8 Å². The fraction of sp³-hybridized carbons (Fsp3) is 0.316. The molecule has 0 aliphatic heterocycles. The molecule has 0 fully saturated rings. The van der Waals surface area contributed by atoms with Gasteiger partial charge in [0.15, 0.2) is 0 Å². The van der Waals surface area contributed by atoms with Crippen LogP contribution in [-0.2, 0) is 32.6 Å². The largest absolute Gasteiger partial charge is 0.497 e. The van der Waals surface area contributed by atoms with Crippen molar-refractivity contribution < 1.29 is 22.7 Å². The lowest BCUT2D eigenvalue weighted by atomic mass is 10.0. The number of carbonyl (C=O) groups is 2. The summed E-state index contributed by atoms with van der Waals surface area (Å²) in [5, 5.41) is 3.02. The minimum atomic E-state index is -4.18. The molecule has 4 rings (SSSR count). The van der Waals surface area contributed by atoms with Gasteiger partial charge in [0.1, 0.15) is 18.3 Å². The second kappa shape index (κ2) is 16.3. The van der Waals surface area contributed by atoms with Gasteiger partial charge in [-0.25, -0.2) is 8.42 Å². The molecule has 2 amide bonds. The summed E-state index contributed by atoms with van der Waals surface area (Å²) in [4.78, 5) is 30.2. The third-order valence-electron chi connectivity index (χ3n) is 8.10. The molecule has 0 aromatic heterocycles. The highest BCUT2D eigenvalue weighted by atomic mass is 32.2. The van der Waals surface area contributed by atoms with Gasteiger partial charge in [0.2, 0.25) is 11.8 Å². The number of hydrogen-bond acceptors (Lipinski definition) is 5. The number of unbranched alkanes of at least 4 members (excludes halogenated alkanes) is 1. The molecule has 0 heterocycles. The SMILES string of the molecule is CCCCNC(=O)C(Cc1ccccc1)N(Cc1cccc(OC)c1)C(=O)CN(c1ccc(C)cc1C)S(=O)(=O)c1ccc(C)cc1. The molecule has 0 aliphatic carbocycles. The molecule has 0 saturated heterocycles. The van der Waals surface area contributed by atoms with Crippen molar-refractivity contribution in [1.82, 2.24) is 10.2 Å². The number of aryl methyl sites for hydroxylation is 3. The molecule has 47 heavy (non-hydrogen) atoms. The average molecular weight is 656 g/mol. The summed E-state index contributed by atoms with van der Waals surface area (Å²) in [6.45, 7) is 7.73. The Hall–Kier alpha value is -4.63. The summed E-state index contributed by atoms with van der Waals surface area (Å²) in [5.74, 6) is -0.186. The third-order valence-corrected chi connectivity index (χ3v) is 9.87. The normalized spacial score (nSPS) is 11.9. The molecule has 9 heteroatoms. The highest BCUT2D eigenvalue weighted by Crippen LogP contribution is 2.29. The van der Waals surface area contributed by atoms with Crippen LogP contribution in [0.1, 0.15) is 47.6 Å². The summed E-state index contributed by atoms with van der Waals surface area (Å²) in [7, 11) is -2.61. The summed E-state index contributed by atoms with van der Waals surface area (Å²) < 4.78 is 35.2. The number of methoxy groups -OCH3 is 1. The Morgan fingerprint density at radius 2 is 1.51 bits per heavy atom. The van der Waals surface area contributed by atoms with Crippen LogP contribution in [0.25, 0.3) is 0 Å². The van der Waals surface area contributed by atoms with Crippen molar-refractivity contribution in [1.29, 1.82) is 0 Å². The number of nitrogens with one attached hydrogen (secondary N) is 1. The van der Waals surface area contributed by atoms with Gasteiger partial charge in [-0.3, -0.25) is 13.9 Å². The molecule has 1 atom stereocenters. The predicted molar refractivity (Wildman–Crippen MR) is 187 cm³/mol. The van der Waals surface area contributed by atoms with Crippen molar-refractivity contribution in [3.63, 3.8) is 0 Å². The molecular formula is C38H45N3O5S. The van der Waals surface area contributed by atoms with Crippen molar-refractivity contribution in [3.05, 3.63) is 125 Å². The van der Waals surface area contributed by atoms with Crippen LogP contribution in [0.15, 0.2) is 102 Å². The molecule has 0 spiro atoms. The molecule has 1 N–H and O–H groups in total. The zero-order valence-corrected chi connectivity index (χ0v) is 28.7. The van der Waals surface area contributed by atoms with E-state index in [1.54, 1.807) is 37.4 Å². The van der Waals surface area contributed by atoms with Gasteiger partial charge < -0.3 is 15.0 Å². The van der Waals surface area contributed by atoms with Gasteiger partial charge in [-0.2, -0.15) is 0 Å². The van der Waals surface area contributed by atoms with Crippen molar-refractivity contribution in [2.45, 2.75) is 64.4 Å². The van der Waals surface area contributed by atoms with E-state index in [9.17, 15) is 18.0 Å². The monoisotopic (exact) mass is 655 g/mol. The Morgan fingerprint density at radius 3 is 2.17 bits per heavy atom. The first-order valence-corrected chi connectivity index (χ1v) is 17.4. The zero-order chi connectivity index (χ0) is 34.0. The minimum Gasteiger partial charge on any atom is -0.497 e. The van der Waals surface area contributed by atoms with Gasteiger partial charge in [0, 0.05) is 19.5 Å². The quantitative estimate of drug-likeness (QED) is 0.150. The highest BCUT2D eigenvalue weighted by molar-refractivity contribution is 7.92. The average Bonchev–Trinajstić information content (AvgIpc) is 3.06. The number of amides is 2. The topological polar surface area (TPSA) is 96.0 Å². The first-order valence-electron chi connectivity index (χ1n) is 15.9. The lowest BCUT2D eigenvalue weighted by molar-refractivity contribution is -0.140. The second-order valence-corrected chi connectivity index (χ2v) is 13.7. The molecule has 0 aliphatic rings. The maximum atomic E-state index is 14.7. The summed E-state index contributed by atoms with van der Waals surface area (Å²) in [6.07, 6.45) is 1.95. The zero-order valence-electron chi connectivity index (χ0n) is 27.9. The van der Waals surface area contributed by atoms with E-state index in [2.05, 4.69) is 5.32 Å². The lowest BCUT2D eigenvalue weighted by Gasteiger charge is -2.34. The van der Waals surface area contributed by atoms with E-state index in [0.717, 1.165) is 35.1 Å². The van der Waals surface area contributed by atoms with Crippen LogP contribution in [0.4, 0.5) is 5.69 Å². The Bertz CT molecular complexity index is 1760. The molecule has 4 aromatic carbocycles. The number of ether oxygens (including phenoxy) is 1. The maximum absolute atomic E-state index is 14.7. The molecule has 248 valence electrons. The molecule has 0 saturated carbocycles. The van der Waals surface area contributed by atoms with Crippen molar-refractivity contribution in [2.24, 2.45) is 0 Å². The number of carbonyl (C=O) groups excluding carboxylic acids is 2. The van der Waals surface area contributed by atoms with Crippen LogP contribution in [0.5, 0.6) is 5.75 Å². The van der Waals surface area contributed by atoms with Gasteiger partial charge in [0.05, 0.1) is 17.7 Å². The second-order valence-electron chi connectivity index (χ2n) is 11.8. The summed E-state index contributed by atoms with van der Waals surface area (Å²) in [6, 6.07) is 28.0. The van der Waals surface area contributed by atoms with Crippen molar-refractivity contribution in [2.75, 3.05) is 24.5 Å². The molecule has 0 radical (unpaired) electrons. The number of hydrogen-bond donors (Lipinski definition) is 1. The number of rotatable bonds is 15. The maximum Gasteiger partial charge on any atom is 0.264 e. The standard InChI is InChI=1S/C38H45N3O5S/c1-6-7-22-39-38(43)36(25-31-12-9-8-10-13-31)40(26-32-14-11-15-33(24-32)46-5)37(42)27-41(35-21-18-29(3)23-30(35)4)47(44,45)34-19-16-28(2)17-20-34/h8-21,23-24,36H,6-7,22,25-27H2,1-5H3,(H,39,43). The van der Waals surface area contributed by atoms with Crippen LogP contribution < -0.4 is 14.4 Å². The molecule has 4 aromatic rings. The van der Waals surface area contributed by atoms with Gasteiger partial charge in [-0.15, -0.1) is 0 Å². The van der Waals surface area contributed by atoms with Gasteiger partial charge in [0.25, 0.3) is 10.0 Å². The fourth-order valence-corrected chi connectivity index (χ4v) is 6.94. The summed E-state index contributed by atoms with van der Waals surface area (Å²) >= 11 is 0. The lowest BCUT2D eigenvalue weighted by Crippen LogP contribution is -2.53. The molecule has 1 unspecified atom stereocenters. The van der Waals surface area contributed by atoms with Crippen LogP contribution in [0, 0.1) is 20.8 Å². The Morgan fingerprint density at radius 1 is 0.830 bits per heavy atom. The van der Waals surface area contributed by atoms with Crippen LogP contribution in [0.2, 0.25) is 0 Å². The van der Waals surface area contributed by atoms with Crippen LogP contribution >= 0.6 is 0 Å². The fourth-order valence-electron chi connectivity index (χ4n) is 5.46. The smallest absolute Gasteiger partial charge is 0.264 e. The van der Waals surface area contributed by atoms with E-state index in [0.29, 0.717) is 23.5 Å². The Labute approximate surface area is 279 Å². The van der Waals surface area contributed by atoms with E-state index in [1.165, 1.54) is 9.21 Å². The predicted octanol–water partition coefficient (Wildman–Crippen LogP) is 6.37. The molecule has 0 bridgehead atoms. The number of benzene rings is 4. The Kier molecular flexibility index (Phi) is 12.2. The van der Waals surface area contributed by atoms with Crippen molar-refractivity contribution in [3.8, 4) is 5.75 Å². The van der Waals surface area contributed by atoms with E-state index in [4.69, 9.17) is 4.74 Å². The van der Waals surface area contributed by atoms with Gasteiger partial charge in [-0.1, -0.05) is 91.2 Å². The molecular weight excluding hydrogens is 611 g/mol. The molecule has 8 nitrogen and oxygen atoms in total. The van der Waals surface area contributed by atoms with Gasteiger partial charge >= 0.3 is 0 Å². The number of anilines is 1. The first kappa shape index (κ1) is 35.2. The van der Waals surface area contributed by atoms with E-state index in [1.807, 2.05) is 94.4 Å². The summed E-state index contributed by atoms with van der Waals surface area (Å²) in [5.41, 5.74) is 4.63. The third kappa shape index (κ3) is 9.23. The highest BCUT2D eigenvalue weighted by Gasteiger charge is 2.35. The van der Waals surface area contributed by atoms with Crippen molar-refractivity contribution >= 4 is 27.5 Å². The van der Waals surface area contributed by atoms with Crippen LogP contribution in [0.3, 0.4) is 0 Å². The number of nitrogens with zero attached hydrogens (tertiary/aromatic N) is 2. The van der Waals surface area contributed by atoms with E-state index < -0.39 is 28.5 Å². The van der Waals surface area contributed by atoms with Gasteiger partial charge in [-0.05, 0) is 74.2 Å². The number of sulfonamides is 1. The van der Waals surface area contributed by atoms with E-state index >= 15 is 0 Å². The first-order chi connectivity index (χ1) is 22.5. The minimum absolute atomic E-state index is 0.0695. The Balaban J connectivity index is 1.82. The van der Waals surface area contributed by atoms with Crippen LogP contribution in [-0.4, -0.2) is 51.4 Å².